The molecule has 0 aliphatic heterocycles. The Balaban J connectivity index is 1.06. The largest absolute Gasteiger partial charge is 0.319 e. The number of hydrogen-bond donors (Lipinski definition) is 0. The van der Waals surface area contributed by atoms with Gasteiger partial charge >= 0.3 is 0 Å². The zero-order valence-corrected chi connectivity index (χ0v) is 37.6. The first kappa shape index (κ1) is 40.7. The summed E-state index contributed by atoms with van der Waals surface area (Å²) in [5.41, 5.74) is 13.2. The molecule has 13 aromatic rings. The van der Waals surface area contributed by atoms with E-state index in [9.17, 15) is 15.8 Å². The van der Waals surface area contributed by atoms with Crippen LogP contribution in [0.4, 0.5) is 5.69 Å². The summed E-state index contributed by atoms with van der Waals surface area (Å²) < 4.78 is 6.74. The molecule has 0 fully saturated rings. The molecule has 4 heterocycles. The van der Waals surface area contributed by atoms with E-state index in [-0.39, 0.29) is 0 Å². The van der Waals surface area contributed by atoms with Crippen molar-refractivity contribution < 1.29 is 0 Å². The van der Waals surface area contributed by atoms with Crippen LogP contribution in [0.5, 0.6) is 0 Å². The van der Waals surface area contributed by atoms with Crippen molar-refractivity contribution in [2.45, 2.75) is 0 Å². The average Bonchev–Trinajstić information content (AvgIpc) is 4.08. The van der Waals surface area contributed by atoms with Gasteiger partial charge in [-0.3, -0.25) is 0 Å². The van der Waals surface area contributed by atoms with Gasteiger partial charge in [0, 0.05) is 60.4 Å². The second-order valence-electron chi connectivity index (χ2n) is 17.4. The van der Waals surface area contributed by atoms with Gasteiger partial charge in [-0.05, 0) is 115 Å². The molecule has 0 bridgehead atoms. The number of nitrogens with zero attached hydrogens (tertiary/aromatic N) is 9. The maximum absolute atomic E-state index is 11.1. The SMILES string of the molecule is [C-]#[N+]c1cc(-c2cc(-c3ccc(C#N)cc3)nc(-c3ccc(C#N)cc3)n2)c(C#N)cc1-n1c2ccc(-n3c4ccccc4c4ccccc43)cc2c2cc(-n3c4ccccc4c4ccccc43)ccc21. The lowest BCUT2D eigenvalue weighted by Crippen LogP contribution is -2.00. The molecule has 0 radical (unpaired) electrons. The van der Waals surface area contributed by atoms with Crippen molar-refractivity contribution in [1.29, 1.82) is 15.8 Å². The number of benzene rings is 9. The van der Waals surface area contributed by atoms with Crippen LogP contribution in [-0.4, -0.2) is 23.7 Å². The van der Waals surface area contributed by atoms with Crippen molar-refractivity contribution >= 4 is 71.1 Å². The Bertz CT molecular complexity index is 4210. The van der Waals surface area contributed by atoms with Crippen LogP contribution in [0, 0.1) is 40.6 Å². The molecule has 9 aromatic carbocycles. The quantitative estimate of drug-likeness (QED) is 0.154. The molecular formula is C62H33N9. The smallest absolute Gasteiger partial charge is 0.211 e. The summed E-state index contributed by atoms with van der Waals surface area (Å²) in [4.78, 5) is 14.1. The van der Waals surface area contributed by atoms with Gasteiger partial charge in [-0.15, -0.1) is 0 Å². The highest BCUT2D eigenvalue weighted by Crippen LogP contribution is 2.43. The molecule has 9 nitrogen and oxygen atoms in total. The minimum absolute atomic E-state index is 0.321. The van der Waals surface area contributed by atoms with Gasteiger partial charge < -0.3 is 13.7 Å². The predicted octanol–water partition coefficient (Wildman–Crippen LogP) is 14.9. The first-order chi connectivity index (χ1) is 35.0. The summed E-state index contributed by atoms with van der Waals surface area (Å²) in [6.45, 7) is 8.72. The zero-order valence-electron chi connectivity index (χ0n) is 37.6. The first-order valence-corrected chi connectivity index (χ1v) is 22.9. The van der Waals surface area contributed by atoms with Crippen molar-refractivity contribution in [3.05, 3.63) is 228 Å². The molecule has 9 heteroatoms. The van der Waals surface area contributed by atoms with Crippen LogP contribution in [-0.2, 0) is 0 Å². The summed E-state index contributed by atoms with van der Waals surface area (Å²) in [6, 6.07) is 73.2. The highest BCUT2D eigenvalue weighted by atomic mass is 15.0. The van der Waals surface area contributed by atoms with Crippen LogP contribution >= 0.6 is 0 Å². The van der Waals surface area contributed by atoms with E-state index >= 15 is 0 Å². The minimum Gasteiger partial charge on any atom is -0.319 e. The van der Waals surface area contributed by atoms with Crippen LogP contribution in [0.25, 0.3) is 121 Å². The maximum Gasteiger partial charge on any atom is 0.211 e. The topological polar surface area (TPSA) is 116 Å². The third-order valence-electron chi connectivity index (χ3n) is 13.6. The Morgan fingerprint density at radius 3 is 1.28 bits per heavy atom. The van der Waals surface area contributed by atoms with Crippen LogP contribution in [0.2, 0.25) is 0 Å². The van der Waals surface area contributed by atoms with Crippen molar-refractivity contribution in [2.75, 3.05) is 0 Å². The number of para-hydroxylation sites is 4. The number of hydrogen-bond acceptors (Lipinski definition) is 5. The van der Waals surface area contributed by atoms with Gasteiger partial charge in [0.05, 0.1) is 91.6 Å². The molecule has 326 valence electrons. The molecule has 0 saturated carbocycles. The van der Waals surface area contributed by atoms with Crippen molar-refractivity contribution in [2.24, 2.45) is 0 Å². The van der Waals surface area contributed by atoms with E-state index in [1.165, 1.54) is 21.5 Å². The summed E-state index contributed by atoms with van der Waals surface area (Å²) in [5.74, 6) is 0.379. The molecule has 0 amide bonds. The van der Waals surface area contributed by atoms with Crippen LogP contribution < -0.4 is 0 Å². The highest BCUT2D eigenvalue weighted by Gasteiger charge is 2.23. The van der Waals surface area contributed by atoms with E-state index in [1.807, 2.05) is 18.2 Å². The predicted molar refractivity (Wildman–Crippen MR) is 282 cm³/mol. The summed E-state index contributed by atoms with van der Waals surface area (Å²) in [6.07, 6.45) is 0. The van der Waals surface area contributed by atoms with Crippen molar-refractivity contribution in [3.8, 4) is 69.2 Å². The van der Waals surface area contributed by atoms with Gasteiger partial charge in [-0.25, -0.2) is 14.8 Å². The fraction of sp³-hybridized carbons (Fsp3) is 0. The van der Waals surface area contributed by atoms with Gasteiger partial charge in [0.2, 0.25) is 5.69 Å². The van der Waals surface area contributed by atoms with Crippen molar-refractivity contribution in [1.82, 2.24) is 23.7 Å². The van der Waals surface area contributed by atoms with E-state index in [4.69, 9.17) is 16.5 Å². The van der Waals surface area contributed by atoms with Gasteiger partial charge in [0.15, 0.2) is 5.82 Å². The van der Waals surface area contributed by atoms with E-state index < -0.39 is 0 Å². The molecule has 0 N–H and O–H groups in total. The van der Waals surface area contributed by atoms with Crippen molar-refractivity contribution in [3.63, 3.8) is 0 Å². The monoisotopic (exact) mass is 903 g/mol. The first-order valence-electron chi connectivity index (χ1n) is 22.9. The molecule has 0 saturated heterocycles. The van der Waals surface area contributed by atoms with E-state index in [1.54, 1.807) is 48.5 Å². The standard InChI is InChI=1S/C62H33N9/c1-66-54-33-49(53-34-52(40-22-18-38(35-63)19-23-40)67-62(68-53)41-24-20-39(36-64)21-25-41)42(37-65)30-61(54)71-59-28-26-43(69-55-14-6-2-10-45(55)46-11-3-7-15-56(46)69)31-50(59)51-32-44(27-29-60(51)71)70-57-16-8-4-12-47(57)48-13-5-9-17-58(48)70/h2-34H. The lowest BCUT2D eigenvalue weighted by Gasteiger charge is -2.15. The highest BCUT2D eigenvalue weighted by molar-refractivity contribution is 6.14. The molecule has 0 aliphatic carbocycles. The molecule has 0 aliphatic rings. The molecular weight excluding hydrogens is 871 g/mol. The molecule has 4 aromatic heterocycles. The Labute approximate surface area is 406 Å². The summed E-state index contributed by atoms with van der Waals surface area (Å²) in [5, 5.41) is 36.7. The van der Waals surface area contributed by atoms with Gasteiger partial charge in [0.25, 0.3) is 0 Å². The Kier molecular flexibility index (Phi) is 9.19. The lowest BCUT2D eigenvalue weighted by molar-refractivity contribution is 1.16. The molecule has 0 atom stereocenters. The maximum atomic E-state index is 11.1. The Morgan fingerprint density at radius 2 is 0.831 bits per heavy atom. The Morgan fingerprint density at radius 1 is 0.394 bits per heavy atom. The minimum atomic E-state index is 0.321. The zero-order chi connectivity index (χ0) is 47.7. The summed E-state index contributed by atoms with van der Waals surface area (Å²) >= 11 is 0. The van der Waals surface area contributed by atoms with E-state index in [0.717, 1.165) is 60.8 Å². The molecule has 71 heavy (non-hydrogen) atoms. The molecule has 0 spiro atoms. The van der Waals surface area contributed by atoms with Crippen LogP contribution in [0.15, 0.2) is 200 Å². The number of nitriles is 3. The van der Waals surface area contributed by atoms with Crippen LogP contribution in [0.1, 0.15) is 16.7 Å². The normalized spacial score (nSPS) is 11.3. The number of fused-ring (bicyclic) bond motifs is 9. The van der Waals surface area contributed by atoms with E-state index in [2.05, 4.69) is 170 Å². The molecule has 0 unspecified atom stereocenters. The third kappa shape index (κ3) is 6.37. The second kappa shape index (κ2) is 16.0. The second-order valence-corrected chi connectivity index (χ2v) is 17.4. The van der Waals surface area contributed by atoms with E-state index in [0.29, 0.717) is 56.4 Å². The molecule has 13 rings (SSSR count). The summed E-state index contributed by atoms with van der Waals surface area (Å²) in [7, 11) is 0. The van der Waals surface area contributed by atoms with Gasteiger partial charge in [-0.1, -0.05) is 84.9 Å². The number of rotatable bonds is 6. The lowest BCUT2D eigenvalue weighted by atomic mass is 10.00. The van der Waals surface area contributed by atoms with Gasteiger partial charge in [-0.2, -0.15) is 15.8 Å². The van der Waals surface area contributed by atoms with Crippen LogP contribution in [0.3, 0.4) is 0 Å². The third-order valence-corrected chi connectivity index (χ3v) is 13.6. The Hall–Kier alpha value is -10.6. The number of aromatic nitrogens is 5. The average molecular weight is 904 g/mol. The fourth-order valence-corrected chi connectivity index (χ4v) is 10.4. The fourth-order valence-electron chi connectivity index (χ4n) is 10.4. The van der Waals surface area contributed by atoms with Gasteiger partial charge in [0.1, 0.15) is 0 Å².